The van der Waals surface area contributed by atoms with E-state index in [1.807, 2.05) is 44.2 Å². The van der Waals surface area contributed by atoms with Gasteiger partial charge in [0.25, 0.3) is 0 Å². The zero-order valence-electron chi connectivity index (χ0n) is 13.7. The molecule has 0 fully saturated rings. The zero-order chi connectivity index (χ0) is 16.8. The van der Waals surface area contributed by atoms with Crippen molar-refractivity contribution in [2.24, 2.45) is 0 Å². The minimum absolute atomic E-state index is 0.229. The molecule has 23 heavy (non-hydrogen) atoms. The molecule has 2 rings (SSSR count). The van der Waals surface area contributed by atoms with E-state index in [0.29, 0.717) is 12.2 Å². The average molecular weight is 310 g/mol. The molecule has 2 N–H and O–H groups in total. The third-order valence-corrected chi connectivity index (χ3v) is 3.53. The van der Waals surface area contributed by atoms with Crippen LogP contribution in [0.5, 0.6) is 17.2 Å². The van der Waals surface area contributed by atoms with Crippen LogP contribution in [0.15, 0.2) is 48.0 Å². The van der Waals surface area contributed by atoms with Gasteiger partial charge in [0.05, 0.1) is 7.11 Å². The van der Waals surface area contributed by atoms with Crippen molar-refractivity contribution in [1.82, 2.24) is 0 Å². The van der Waals surface area contributed by atoms with Gasteiger partial charge < -0.3 is 14.9 Å². The number of aromatic hydroxyl groups is 2. The van der Waals surface area contributed by atoms with E-state index in [0.717, 1.165) is 16.7 Å². The molecule has 0 aliphatic carbocycles. The number of phenols is 2. The quantitative estimate of drug-likeness (QED) is 0.617. The van der Waals surface area contributed by atoms with Crippen LogP contribution in [0.25, 0.3) is 12.2 Å². The zero-order valence-corrected chi connectivity index (χ0v) is 13.7. The van der Waals surface area contributed by atoms with E-state index in [-0.39, 0.29) is 11.5 Å². The number of hydrogen-bond donors (Lipinski definition) is 2. The van der Waals surface area contributed by atoms with Crippen LogP contribution in [0.2, 0.25) is 0 Å². The first-order valence-electron chi connectivity index (χ1n) is 7.50. The number of hydrogen-bond acceptors (Lipinski definition) is 3. The Labute approximate surface area is 137 Å². The molecule has 0 spiro atoms. The summed E-state index contributed by atoms with van der Waals surface area (Å²) in [5.74, 6) is 1.09. The minimum Gasteiger partial charge on any atom is -0.508 e. The van der Waals surface area contributed by atoms with Crippen LogP contribution in [0.1, 0.15) is 30.5 Å². The van der Waals surface area contributed by atoms with E-state index < -0.39 is 0 Å². The molecule has 0 atom stereocenters. The van der Waals surface area contributed by atoms with Crippen LogP contribution in [-0.4, -0.2) is 17.3 Å². The van der Waals surface area contributed by atoms with Crippen molar-refractivity contribution in [3.05, 3.63) is 64.7 Å². The Hall–Kier alpha value is -2.68. The summed E-state index contributed by atoms with van der Waals surface area (Å²) >= 11 is 0. The van der Waals surface area contributed by atoms with Crippen molar-refractivity contribution >= 4 is 12.2 Å². The molecule has 0 saturated carbocycles. The van der Waals surface area contributed by atoms with Gasteiger partial charge in [0.15, 0.2) is 0 Å². The first-order chi connectivity index (χ1) is 11.0. The summed E-state index contributed by atoms with van der Waals surface area (Å²) in [7, 11) is 1.58. The Balaban J connectivity index is 2.39. The lowest BCUT2D eigenvalue weighted by Gasteiger charge is -2.10. The number of phenolic OH excluding ortho intramolecular Hbond substituents is 2. The third kappa shape index (κ3) is 4.65. The molecule has 0 radical (unpaired) electrons. The minimum atomic E-state index is 0.229. The molecule has 0 saturated heterocycles. The molecule has 3 heteroatoms. The summed E-state index contributed by atoms with van der Waals surface area (Å²) in [5, 5.41) is 19.6. The summed E-state index contributed by atoms with van der Waals surface area (Å²) in [6.45, 7) is 4.07. The molecular weight excluding hydrogens is 288 g/mol. The van der Waals surface area contributed by atoms with Crippen LogP contribution < -0.4 is 4.74 Å². The van der Waals surface area contributed by atoms with Gasteiger partial charge in [-0.3, -0.25) is 0 Å². The predicted molar refractivity (Wildman–Crippen MR) is 94.8 cm³/mol. The normalized spacial score (nSPS) is 10.7. The molecule has 0 heterocycles. The van der Waals surface area contributed by atoms with Gasteiger partial charge in [-0.15, -0.1) is 0 Å². The van der Waals surface area contributed by atoms with Crippen molar-refractivity contribution in [3.63, 3.8) is 0 Å². The summed E-state index contributed by atoms with van der Waals surface area (Å²) in [4.78, 5) is 0. The van der Waals surface area contributed by atoms with Crippen molar-refractivity contribution in [2.75, 3.05) is 7.11 Å². The highest BCUT2D eigenvalue weighted by molar-refractivity contribution is 5.73. The van der Waals surface area contributed by atoms with Crippen LogP contribution in [0.3, 0.4) is 0 Å². The fourth-order valence-electron chi connectivity index (χ4n) is 2.22. The Bertz CT molecular complexity index is 721. The van der Waals surface area contributed by atoms with Gasteiger partial charge in [-0.2, -0.15) is 0 Å². The summed E-state index contributed by atoms with van der Waals surface area (Å²) in [6.07, 6.45) is 6.63. The van der Waals surface area contributed by atoms with Gasteiger partial charge in [-0.25, -0.2) is 0 Å². The van der Waals surface area contributed by atoms with Crippen LogP contribution in [0.4, 0.5) is 0 Å². The Kier molecular flexibility index (Phi) is 5.47. The summed E-state index contributed by atoms with van der Waals surface area (Å²) < 4.78 is 5.24. The van der Waals surface area contributed by atoms with Crippen molar-refractivity contribution in [1.29, 1.82) is 0 Å². The Morgan fingerprint density at radius 1 is 1.04 bits per heavy atom. The molecule has 0 aliphatic rings. The molecular formula is C20H22O3. The highest BCUT2D eigenvalue weighted by atomic mass is 16.5. The van der Waals surface area contributed by atoms with E-state index in [1.54, 1.807) is 25.3 Å². The Morgan fingerprint density at radius 2 is 1.74 bits per heavy atom. The van der Waals surface area contributed by atoms with E-state index in [1.165, 1.54) is 5.57 Å². The fourth-order valence-corrected chi connectivity index (χ4v) is 2.22. The smallest absolute Gasteiger partial charge is 0.123 e. The van der Waals surface area contributed by atoms with E-state index in [2.05, 4.69) is 6.08 Å². The lowest BCUT2D eigenvalue weighted by molar-refractivity contribution is 0.406. The van der Waals surface area contributed by atoms with Crippen molar-refractivity contribution < 1.29 is 14.9 Å². The van der Waals surface area contributed by atoms with Gasteiger partial charge in [0, 0.05) is 11.6 Å². The van der Waals surface area contributed by atoms with E-state index in [4.69, 9.17) is 4.74 Å². The molecule has 0 bridgehead atoms. The molecule has 3 nitrogen and oxygen atoms in total. The molecule has 120 valence electrons. The number of allylic oxidation sites excluding steroid dienone is 2. The second kappa shape index (κ2) is 7.54. The fraction of sp³-hybridized carbons (Fsp3) is 0.200. The lowest BCUT2D eigenvalue weighted by Crippen LogP contribution is -1.92. The van der Waals surface area contributed by atoms with E-state index >= 15 is 0 Å². The van der Waals surface area contributed by atoms with Crippen molar-refractivity contribution in [2.45, 2.75) is 20.3 Å². The van der Waals surface area contributed by atoms with Gasteiger partial charge in [-0.1, -0.05) is 35.9 Å². The first-order valence-corrected chi connectivity index (χ1v) is 7.50. The summed E-state index contributed by atoms with van der Waals surface area (Å²) in [5.41, 5.74) is 3.95. The van der Waals surface area contributed by atoms with Gasteiger partial charge >= 0.3 is 0 Å². The molecule has 2 aromatic rings. The van der Waals surface area contributed by atoms with Crippen LogP contribution >= 0.6 is 0 Å². The number of rotatable bonds is 5. The highest BCUT2D eigenvalue weighted by Crippen LogP contribution is 2.30. The molecule has 0 aromatic heterocycles. The maximum atomic E-state index is 10.3. The Morgan fingerprint density at radius 3 is 2.35 bits per heavy atom. The highest BCUT2D eigenvalue weighted by Gasteiger charge is 2.08. The van der Waals surface area contributed by atoms with Crippen LogP contribution in [-0.2, 0) is 6.42 Å². The standard InChI is InChI=1S/C20H22O3/c1-14(2)4-11-19-16(12-18(23-3)13-20(19)22)8-5-15-6-9-17(21)10-7-15/h4-10,12-13,21-22H,11H2,1-3H3. The first kappa shape index (κ1) is 16.7. The molecule has 0 aliphatic heterocycles. The number of ether oxygens (including phenoxy) is 1. The maximum Gasteiger partial charge on any atom is 0.123 e. The largest absolute Gasteiger partial charge is 0.508 e. The van der Waals surface area contributed by atoms with Crippen molar-refractivity contribution in [3.8, 4) is 17.2 Å². The molecule has 2 aromatic carbocycles. The second-order valence-electron chi connectivity index (χ2n) is 5.62. The van der Waals surface area contributed by atoms with E-state index in [9.17, 15) is 10.2 Å². The van der Waals surface area contributed by atoms with Gasteiger partial charge in [-0.05, 0) is 49.6 Å². The molecule has 0 amide bonds. The van der Waals surface area contributed by atoms with Crippen LogP contribution in [0, 0.1) is 0 Å². The summed E-state index contributed by atoms with van der Waals surface area (Å²) in [6, 6.07) is 10.5. The number of methoxy groups -OCH3 is 1. The lowest BCUT2D eigenvalue weighted by atomic mass is 10.0. The topological polar surface area (TPSA) is 49.7 Å². The maximum absolute atomic E-state index is 10.3. The average Bonchev–Trinajstić information content (AvgIpc) is 2.52. The monoisotopic (exact) mass is 310 g/mol. The predicted octanol–water partition coefficient (Wildman–Crippen LogP) is 4.79. The number of benzene rings is 2. The van der Waals surface area contributed by atoms with Gasteiger partial charge in [0.1, 0.15) is 17.2 Å². The third-order valence-electron chi connectivity index (χ3n) is 3.53. The molecule has 0 unspecified atom stereocenters. The second-order valence-corrected chi connectivity index (χ2v) is 5.62. The van der Waals surface area contributed by atoms with Gasteiger partial charge in [0.2, 0.25) is 0 Å². The SMILES string of the molecule is COc1cc(O)c(CC=C(C)C)c(C=Cc2ccc(O)cc2)c1.